The van der Waals surface area contributed by atoms with Gasteiger partial charge in [0.2, 0.25) is 11.8 Å². The molecule has 0 aliphatic carbocycles. The summed E-state index contributed by atoms with van der Waals surface area (Å²) in [5.41, 5.74) is 0. The van der Waals surface area contributed by atoms with Gasteiger partial charge in [0.25, 0.3) is 0 Å². The summed E-state index contributed by atoms with van der Waals surface area (Å²) in [4.78, 5) is 25.8. The van der Waals surface area contributed by atoms with E-state index in [1.165, 1.54) is 6.92 Å². The molecule has 1 aromatic rings. The van der Waals surface area contributed by atoms with E-state index in [0.717, 1.165) is 50.2 Å². The Morgan fingerprint density at radius 2 is 2.14 bits per heavy atom. The summed E-state index contributed by atoms with van der Waals surface area (Å²) in [5, 5.41) is 2.69. The summed E-state index contributed by atoms with van der Waals surface area (Å²) in [7, 11) is 0. The molecule has 5 heteroatoms. The van der Waals surface area contributed by atoms with Crippen molar-refractivity contribution < 1.29 is 14.0 Å². The van der Waals surface area contributed by atoms with Gasteiger partial charge in [-0.25, -0.2) is 0 Å². The molecular weight excluding hydrogens is 280 g/mol. The Balaban J connectivity index is 2.19. The average Bonchev–Trinajstić information content (AvgIpc) is 2.82. The number of carbonyl (C=O) groups is 2. The average molecular weight is 306 g/mol. The van der Waals surface area contributed by atoms with Gasteiger partial charge in [-0.05, 0) is 31.9 Å². The predicted octanol–water partition coefficient (Wildman–Crippen LogP) is 2.81. The Hall–Kier alpha value is -1.78. The molecule has 1 fully saturated rings. The fourth-order valence-electron chi connectivity index (χ4n) is 3.05. The molecule has 1 aliphatic rings. The fourth-order valence-corrected chi connectivity index (χ4v) is 3.05. The summed E-state index contributed by atoms with van der Waals surface area (Å²) in [6.07, 6.45) is 4.97. The van der Waals surface area contributed by atoms with E-state index in [1.54, 1.807) is 6.92 Å². The van der Waals surface area contributed by atoms with Crippen molar-refractivity contribution in [3.8, 4) is 0 Å². The van der Waals surface area contributed by atoms with Crippen LogP contribution in [-0.4, -0.2) is 29.3 Å². The first kappa shape index (κ1) is 16.6. The molecular formula is C17H26N2O3. The first-order valence-corrected chi connectivity index (χ1v) is 8.19. The maximum atomic E-state index is 12.7. The third-order valence-electron chi connectivity index (χ3n) is 4.19. The Kier molecular flexibility index (Phi) is 5.63. The highest BCUT2D eigenvalue weighted by Crippen LogP contribution is 2.31. The van der Waals surface area contributed by atoms with Crippen molar-refractivity contribution in [2.24, 2.45) is 0 Å². The Labute approximate surface area is 132 Å². The zero-order chi connectivity index (χ0) is 16.1. The lowest BCUT2D eigenvalue weighted by Crippen LogP contribution is -2.47. The highest BCUT2D eigenvalue weighted by molar-refractivity contribution is 5.86. The van der Waals surface area contributed by atoms with E-state index < -0.39 is 6.04 Å². The minimum Gasteiger partial charge on any atom is -0.464 e. The molecule has 0 spiro atoms. The number of likely N-dealkylation sites (tertiary alicyclic amines) is 1. The first-order chi connectivity index (χ1) is 10.5. The van der Waals surface area contributed by atoms with Crippen molar-refractivity contribution in [2.75, 3.05) is 6.54 Å². The minimum absolute atomic E-state index is 0.0218. The van der Waals surface area contributed by atoms with Gasteiger partial charge in [0, 0.05) is 19.9 Å². The number of carbonyl (C=O) groups excluding carboxylic acids is 2. The number of nitrogens with zero attached hydrogens (tertiary/aromatic N) is 1. The summed E-state index contributed by atoms with van der Waals surface area (Å²) in [5.74, 6) is 1.60. The van der Waals surface area contributed by atoms with Gasteiger partial charge in [-0.3, -0.25) is 9.59 Å². The first-order valence-electron chi connectivity index (χ1n) is 8.19. The topological polar surface area (TPSA) is 62.6 Å². The highest BCUT2D eigenvalue weighted by Gasteiger charge is 2.31. The molecule has 0 bridgehead atoms. The summed E-state index contributed by atoms with van der Waals surface area (Å²) in [6, 6.07) is 3.45. The van der Waals surface area contributed by atoms with Gasteiger partial charge in [-0.15, -0.1) is 0 Å². The van der Waals surface area contributed by atoms with Crippen LogP contribution in [0.2, 0.25) is 0 Å². The van der Waals surface area contributed by atoms with E-state index in [-0.39, 0.29) is 17.9 Å². The van der Waals surface area contributed by atoms with Crippen LogP contribution in [0.4, 0.5) is 0 Å². The van der Waals surface area contributed by atoms with Gasteiger partial charge in [0.1, 0.15) is 17.6 Å². The number of rotatable bonds is 4. The van der Waals surface area contributed by atoms with Crippen LogP contribution in [0.15, 0.2) is 16.5 Å². The maximum Gasteiger partial charge on any atom is 0.245 e. The van der Waals surface area contributed by atoms with Crippen molar-refractivity contribution >= 4 is 11.8 Å². The number of furan rings is 1. The van der Waals surface area contributed by atoms with Crippen LogP contribution in [0.1, 0.15) is 64.0 Å². The van der Waals surface area contributed by atoms with Crippen LogP contribution in [0.25, 0.3) is 0 Å². The van der Waals surface area contributed by atoms with Crippen molar-refractivity contribution in [1.29, 1.82) is 0 Å². The highest BCUT2D eigenvalue weighted by atomic mass is 16.3. The lowest BCUT2D eigenvalue weighted by molar-refractivity contribution is -0.138. The van der Waals surface area contributed by atoms with E-state index >= 15 is 0 Å². The van der Waals surface area contributed by atoms with Crippen LogP contribution >= 0.6 is 0 Å². The van der Waals surface area contributed by atoms with E-state index in [1.807, 2.05) is 17.0 Å². The summed E-state index contributed by atoms with van der Waals surface area (Å²) in [6.45, 7) is 5.95. The van der Waals surface area contributed by atoms with Crippen LogP contribution in [0.5, 0.6) is 0 Å². The largest absolute Gasteiger partial charge is 0.464 e. The second-order valence-corrected chi connectivity index (χ2v) is 5.98. The van der Waals surface area contributed by atoms with E-state index in [2.05, 4.69) is 12.2 Å². The molecule has 0 radical (unpaired) electrons. The second kappa shape index (κ2) is 7.47. The monoisotopic (exact) mass is 306 g/mol. The Bertz CT molecular complexity index is 524. The molecule has 1 N–H and O–H groups in total. The number of hydrogen-bond acceptors (Lipinski definition) is 3. The molecule has 2 amide bonds. The van der Waals surface area contributed by atoms with Crippen LogP contribution in [-0.2, 0) is 16.0 Å². The van der Waals surface area contributed by atoms with Gasteiger partial charge >= 0.3 is 0 Å². The number of aryl methyl sites for hydroxylation is 1. The van der Waals surface area contributed by atoms with E-state index in [9.17, 15) is 9.59 Å². The molecule has 2 heterocycles. The Morgan fingerprint density at radius 3 is 2.77 bits per heavy atom. The Morgan fingerprint density at radius 1 is 1.36 bits per heavy atom. The summed E-state index contributed by atoms with van der Waals surface area (Å²) >= 11 is 0. The summed E-state index contributed by atoms with van der Waals surface area (Å²) < 4.78 is 5.89. The van der Waals surface area contributed by atoms with E-state index in [4.69, 9.17) is 4.42 Å². The molecule has 2 rings (SSSR count). The van der Waals surface area contributed by atoms with Crippen LogP contribution in [0.3, 0.4) is 0 Å². The number of nitrogens with one attached hydrogen (secondary N) is 1. The predicted molar refractivity (Wildman–Crippen MR) is 84.3 cm³/mol. The standard InChI is InChI=1S/C17H26N2O3/c1-4-14-9-10-16(22-14)15-8-6-5-7-11-19(15)17(21)12(2)18-13(3)20/h9-10,12,15H,4-8,11H2,1-3H3,(H,18,20)/t12-,15-/m1/s1. The fraction of sp³-hybridized carbons (Fsp3) is 0.647. The molecule has 22 heavy (non-hydrogen) atoms. The third-order valence-corrected chi connectivity index (χ3v) is 4.19. The number of hydrogen-bond donors (Lipinski definition) is 1. The van der Waals surface area contributed by atoms with Crippen molar-refractivity contribution in [3.05, 3.63) is 23.7 Å². The zero-order valence-corrected chi connectivity index (χ0v) is 13.7. The smallest absolute Gasteiger partial charge is 0.245 e. The van der Waals surface area contributed by atoms with Crippen molar-refractivity contribution in [2.45, 2.75) is 65.0 Å². The SMILES string of the molecule is CCc1ccc([C@H]2CCCCCN2C(=O)[C@@H](C)NC(C)=O)o1. The van der Waals surface area contributed by atoms with E-state index in [0.29, 0.717) is 0 Å². The maximum absolute atomic E-state index is 12.7. The van der Waals surface area contributed by atoms with Gasteiger partial charge in [-0.2, -0.15) is 0 Å². The molecule has 0 unspecified atom stereocenters. The van der Waals surface area contributed by atoms with Crippen LogP contribution < -0.4 is 5.32 Å². The molecule has 1 saturated heterocycles. The van der Waals surface area contributed by atoms with Crippen molar-refractivity contribution in [3.63, 3.8) is 0 Å². The molecule has 2 atom stereocenters. The molecule has 0 saturated carbocycles. The second-order valence-electron chi connectivity index (χ2n) is 5.98. The van der Waals surface area contributed by atoms with Crippen LogP contribution in [0, 0.1) is 0 Å². The molecule has 1 aromatic heterocycles. The zero-order valence-electron chi connectivity index (χ0n) is 13.7. The number of amides is 2. The van der Waals surface area contributed by atoms with Gasteiger partial charge in [0.05, 0.1) is 6.04 Å². The molecule has 122 valence electrons. The normalized spacial score (nSPS) is 20.3. The van der Waals surface area contributed by atoms with Crippen molar-refractivity contribution in [1.82, 2.24) is 10.2 Å². The van der Waals surface area contributed by atoms with Gasteiger partial charge in [-0.1, -0.05) is 19.8 Å². The van der Waals surface area contributed by atoms with Gasteiger partial charge < -0.3 is 14.6 Å². The molecule has 0 aromatic carbocycles. The lowest BCUT2D eigenvalue weighted by Gasteiger charge is -2.31. The molecule has 1 aliphatic heterocycles. The lowest BCUT2D eigenvalue weighted by atomic mass is 10.1. The quantitative estimate of drug-likeness (QED) is 0.930. The molecule has 5 nitrogen and oxygen atoms in total. The van der Waals surface area contributed by atoms with Gasteiger partial charge in [0.15, 0.2) is 0 Å². The third kappa shape index (κ3) is 3.90. The minimum atomic E-state index is -0.501.